The lowest BCUT2D eigenvalue weighted by Gasteiger charge is -2.24. The Balaban J connectivity index is 2.00. The largest absolute Gasteiger partial charge is 0.355 e. The number of ether oxygens (including phenoxy) is 2. The smallest absolute Gasteiger partial charge is 0.169 e. The van der Waals surface area contributed by atoms with Crippen molar-refractivity contribution in [2.45, 2.75) is 12.3 Å². The van der Waals surface area contributed by atoms with Crippen LogP contribution in [0.1, 0.15) is 17.2 Å². The topological polar surface area (TPSA) is 30.5 Å². The summed E-state index contributed by atoms with van der Waals surface area (Å²) in [5, 5.41) is 6.10. The van der Waals surface area contributed by atoms with E-state index in [1.165, 1.54) is 21.9 Å². The number of hydrogen-bond acceptors (Lipinski definition) is 3. The van der Waals surface area contributed by atoms with E-state index in [4.69, 9.17) is 9.47 Å². The van der Waals surface area contributed by atoms with E-state index < -0.39 is 0 Å². The zero-order valence-electron chi connectivity index (χ0n) is 14.1. The average molecular weight is 321 g/mol. The predicted octanol–water partition coefficient (Wildman–Crippen LogP) is 4.14. The maximum atomic E-state index is 5.32. The maximum Gasteiger partial charge on any atom is 0.169 e. The molecule has 0 bridgehead atoms. The number of rotatable bonds is 7. The minimum atomic E-state index is -0.272. The third kappa shape index (κ3) is 3.65. The van der Waals surface area contributed by atoms with Gasteiger partial charge in [-0.3, -0.25) is 0 Å². The van der Waals surface area contributed by atoms with Crippen molar-refractivity contribution >= 4 is 10.8 Å². The van der Waals surface area contributed by atoms with Gasteiger partial charge in [0.05, 0.1) is 6.04 Å². The summed E-state index contributed by atoms with van der Waals surface area (Å²) < 4.78 is 10.6. The Hall–Kier alpha value is -2.20. The minimum absolute atomic E-state index is 0.0742. The van der Waals surface area contributed by atoms with Crippen molar-refractivity contribution in [3.8, 4) is 0 Å². The highest BCUT2D eigenvalue weighted by molar-refractivity contribution is 5.86. The molecule has 0 aliphatic rings. The zero-order valence-corrected chi connectivity index (χ0v) is 14.1. The molecule has 1 N–H and O–H groups in total. The summed E-state index contributed by atoms with van der Waals surface area (Å²) in [6.07, 6.45) is -0.272. The number of methoxy groups -OCH3 is 2. The van der Waals surface area contributed by atoms with Crippen LogP contribution in [0.2, 0.25) is 0 Å². The number of fused-ring (bicyclic) bond motifs is 1. The Kier molecular flexibility index (Phi) is 5.59. The molecule has 0 fully saturated rings. The summed E-state index contributed by atoms with van der Waals surface area (Å²) in [5.41, 5.74) is 2.48. The van der Waals surface area contributed by atoms with Crippen molar-refractivity contribution in [1.82, 2.24) is 5.32 Å². The summed E-state index contributed by atoms with van der Waals surface area (Å²) in [5.74, 6) is 0. The lowest BCUT2D eigenvalue weighted by molar-refractivity contribution is -0.0994. The highest BCUT2D eigenvalue weighted by atomic mass is 16.7. The molecule has 24 heavy (non-hydrogen) atoms. The van der Waals surface area contributed by atoms with Gasteiger partial charge < -0.3 is 14.8 Å². The molecule has 124 valence electrons. The molecule has 0 unspecified atom stereocenters. The normalized spacial score (nSPS) is 12.6. The molecule has 3 nitrogen and oxygen atoms in total. The van der Waals surface area contributed by atoms with Crippen molar-refractivity contribution in [3.63, 3.8) is 0 Å². The van der Waals surface area contributed by atoms with Crippen LogP contribution in [0.3, 0.4) is 0 Å². The number of hydrogen-bond donors (Lipinski definition) is 1. The van der Waals surface area contributed by atoms with Crippen LogP contribution in [0.25, 0.3) is 10.8 Å². The maximum absolute atomic E-state index is 5.32. The van der Waals surface area contributed by atoms with E-state index in [1.54, 1.807) is 14.2 Å². The summed E-state index contributed by atoms with van der Waals surface area (Å²) in [4.78, 5) is 0. The van der Waals surface area contributed by atoms with Gasteiger partial charge in [-0.15, -0.1) is 0 Å². The van der Waals surface area contributed by atoms with E-state index in [9.17, 15) is 0 Å². The molecular weight excluding hydrogens is 298 g/mol. The second-order valence-corrected chi connectivity index (χ2v) is 5.72. The predicted molar refractivity (Wildman–Crippen MR) is 98.0 cm³/mol. The lowest BCUT2D eigenvalue weighted by Crippen LogP contribution is -2.33. The quantitative estimate of drug-likeness (QED) is 0.664. The van der Waals surface area contributed by atoms with Gasteiger partial charge in [-0.2, -0.15) is 0 Å². The van der Waals surface area contributed by atoms with Gasteiger partial charge >= 0.3 is 0 Å². The van der Waals surface area contributed by atoms with Crippen molar-refractivity contribution in [1.29, 1.82) is 0 Å². The van der Waals surface area contributed by atoms with Gasteiger partial charge in [0, 0.05) is 20.8 Å². The average Bonchev–Trinajstić information content (AvgIpc) is 2.66. The van der Waals surface area contributed by atoms with E-state index in [0.717, 1.165) is 0 Å². The van der Waals surface area contributed by atoms with E-state index in [1.807, 2.05) is 6.07 Å². The summed E-state index contributed by atoms with van der Waals surface area (Å²) in [6.45, 7) is 0.607. The highest BCUT2D eigenvalue weighted by Crippen LogP contribution is 2.29. The van der Waals surface area contributed by atoms with Crippen molar-refractivity contribution < 1.29 is 9.47 Å². The Bertz CT molecular complexity index is 764. The molecule has 3 aromatic carbocycles. The molecule has 0 spiro atoms. The van der Waals surface area contributed by atoms with Gasteiger partial charge in [-0.1, -0.05) is 72.8 Å². The third-order valence-electron chi connectivity index (χ3n) is 4.28. The fraction of sp³-hybridized carbons (Fsp3) is 0.238. The fourth-order valence-electron chi connectivity index (χ4n) is 3.03. The van der Waals surface area contributed by atoms with Crippen LogP contribution in [0.15, 0.2) is 72.8 Å². The van der Waals surface area contributed by atoms with E-state index in [-0.39, 0.29) is 12.3 Å². The van der Waals surface area contributed by atoms with Crippen LogP contribution in [-0.4, -0.2) is 27.1 Å². The van der Waals surface area contributed by atoms with Crippen LogP contribution in [-0.2, 0) is 9.47 Å². The van der Waals surface area contributed by atoms with Gasteiger partial charge in [-0.25, -0.2) is 0 Å². The van der Waals surface area contributed by atoms with Crippen LogP contribution >= 0.6 is 0 Å². The monoisotopic (exact) mass is 321 g/mol. The van der Waals surface area contributed by atoms with Crippen LogP contribution in [0.5, 0.6) is 0 Å². The Labute approximate surface area is 143 Å². The van der Waals surface area contributed by atoms with Crippen molar-refractivity contribution in [2.24, 2.45) is 0 Å². The second kappa shape index (κ2) is 8.06. The molecule has 3 heteroatoms. The number of nitrogens with one attached hydrogen (secondary N) is 1. The molecule has 0 radical (unpaired) electrons. The second-order valence-electron chi connectivity index (χ2n) is 5.72. The Morgan fingerprint density at radius 1 is 0.792 bits per heavy atom. The third-order valence-corrected chi connectivity index (χ3v) is 4.28. The van der Waals surface area contributed by atoms with E-state index in [0.29, 0.717) is 6.54 Å². The first-order valence-electron chi connectivity index (χ1n) is 8.15. The van der Waals surface area contributed by atoms with Gasteiger partial charge in [-0.05, 0) is 21.9 Å². The van der Waals surface area contributed by atoms with Crippen molar-refractivity contribution in [2.75, 3.05) is 20.8 Å². The first-order valence-corrected chi connectivity index (χ1v) is 8.15. The van der Waals surface area contributed by atoms with E-state index in [2.05, 4.69) is 72.0 Å². The van der Waals surface area contributed by atoms with Gasteiger partial charge in [0.25, 0.3) is 0 Å². The first-order chi connectivity index (χ1) is 11.8. The SMILES string of the molecule is COC(CN[C@@H](c1ccccc1)c1cccc2ccccc12)OC. The molecule has 0 heterocycles. The van der Waals surface area contributed by atoms with Crippen molar-refractivity contribution in [3.05, 3.63) is 83.9 Å². The van der Waals surface area contributed by atoms with Crippen LogP contribution in [0.4, 0.5) is 0 Å². The fourth-order valence-corrected chi connectivity index (χ4v) is 3.03. The van der Waals surface area contributed by atoms with E-state index >= 15 is 0 Å². The molecular formula is C21H23NO2. The first kappa shape index (κ1) is 16.7. The zero-order chi connectivity index (χ0) is 16.8. The van der Waals surface area contributed by atoms with Crippen LogP contribution in [0, 0.1) is 0 Å². The molecule has 0 aliphatic heterocycles. The van der Waals surface area contributed by atoms with Gasteiger partial charge in [0.1, 0.15) is 0 Å². The van der Waals surface area contributed by atoms with Crippen LogP contribution < -0.4 is 5.32 Å². The molecule has 0 saturated carbocycles. The van der Waals surface area contributed by atoms with Gasteiger partial charge in [0.2, 0.25) is 0 Å². The van der Waals surface area contributed by atoms with Gasteiger partial charge in [0.15, 0.2) is 6.29 Å². The summed E-state index contributed by atoms with van der Waals surface area (Å²) in [7, 11) is 3.32. The molecule has 1 atom stereocenters. The molecule has 3 rings (SSSR count). The molecule has 0 saturated heterocycles. The Morgan fingerprint density at radius 2 is 1.46 bits per heavy atom. The minimum Gasteiger partial charge on any atom is -0.355 e. The lowest BCUT2D eigenvalue weighted by atomic mass is 9.93. The highest BCUT2D eigenvalue weighted by Gasteiger charge is 2.17. The summed E-state index contributed by atoms with van der Waals surface area (Å²) in [6, 6.07) is 25.5. The molecule has 0 amide bonds. The molecule has 0 aromatic heterocycles. The number of benzene rings is 3. The molecule has 0 aliphatic carbocycles. The molecule has 3 aromatic rings. The standard InChI is InChI=1S/C21H23NO2/c1-23-20(24-2)15-22-21(17-10-4-3-5-11-17)19-14-8-12-16-9-6-7-13-18(16)19/h3-14,20-22H,15H2,1-2H3/t21-/m0/s1. The Morgan fingerprint density at radius 3 is 2.21 bits per heavy atom. The summed E-state index contributed by atoms with van der Waals surface area (Å²) >= 11 is 0.